The standard InChI is InChI=1S/C44H50N2O2S2/c1-9-11-13-17-31(7)49-33-23-27(3)41(28(4)24-33)45-37-21-22-38(40-39(37)43(47)35-19-15-16-20-36(35)44(40)48)46-42-29(5)25-34(26-30(42)6)50-32(8)18-14-12-10-2/h15-16,19-26,45-46H,7-14,17-18H2,1-6H3. The van der Waals surface area contributed by atoms with E-state index in [0.717, 1.165) is 69.1 Å². The number of carbonyl (C=O) groups is 2. The molecule has 0 spiro atoms. The van der Waals surface area contributed by atoms with Gasteiger partial charge in [-0.2, -0.15) is 0 Å². The van der Waals surface area contributed by atoms with Crippen LogP contribution in [-0.2, 0) is 0 Å². The fourth-order valence-electron chi connectivity index (χ4n) is 6.64. The Hall–Kier alpha value is -4.00. The minimum absolute atomic E-state index is 0.158. The Morgan fingerprint density at radius 2 is 0.940 bits per heavy atom. The van der Waals surface area contributed by atoms with E-state index in [1.807, 2.05) is 24.3 Å². The first-order valence-corrected chi connectivity index (χ1v) is 19.5. The third kappa shape index (κ3) is 8.47. The van der Waals surface area contributed by atoms with Crippen LogP contribution < -0.4 is 10.6 Å². The van der Waals surface area contributed by atoms with E-state index in [0.29, 0.717) is 33.6 Å². The molecular formula is C44H50N2O2S2. The normalized spacial score (nSPS) is 12.0. The number of nitrogens with one attached hydrogen (secondary N) is 2. The Kier molecular flexibility index (Phi) is 12.5. The molecule has 0 atom stereocenters. The molecule has 0 radical (unpaired) electrons. The van der Waals surface area contributed by atoms with Crippen LogP contribution in [0.1, 0.15) is 119 Å². The Morgan fingerprint density at radius 1 is 0.580 bits per heavy atom. The minimum Gasteiger partial charge on any atom is -0.354 e. The lowest BCUT2D eigenvalue weighted by molar-refractivity contribution is 0.0980. The highest BCUT2D eigenvalue weighted by atomic mass is 32.2. The molecule has 0 bridgehead atoms. The van der Waals surface area contributed by atoms with Gasteiger partial charge in [-0.3, -0.25) is 9.59 Å². The van der Waals surface area contributed by atoms with Crippen molar-refractivity contribution >= 4 is 57.8 Å². The fourth-order valence-corrected chi connectivity index (χ4v) is 8.74. The van der Waals surface area contributed by atoms with Crippen molar-refractivity contribution in [3.05, 3.63) is 128 Å². The molecule has 50 heavy (non-hydrogen) atoms. The van der Waals surface area contributed by atoms with Gasteiger partial charge in [-0.15, -0.1) is 0 Å². The minimum atomic E-state index is -0.158. The highest BCUT2D eigenvalue weighted by Gasteiger charge is 2.34. The molecule has 0 aliphatic heterocycles. The van der Waals surface area contributed by atoms with Crippen molar-refractivity contribution in [2.45, 2.75) is 103 Å². The van der Waals surface area contributed by atoms with Gasteiger partial charge in [0.25, 0.3) is 0 Å². The van der Waals surface area contributed by atoms with Crippen LogP contribution in [0, 0.1) is 27.7 Å². The second kappa shape index (κ2) is 16.8. The lowest BCUT2D eigenvalue weighted by Crippen LogP contribution is -2.23. The number of hydrogen-bond acceptors (Lipinski definition) is 6. The number of aryl methyl sites for hydroxylation is 4. The average molecular weight is 703 g/mol. The first kappa shape index (κ1) is 37.3. The summed E-state index contributed by atoms with van der Waals surface area (Å²) in [6.07, 6.45) is 9.15. The second-order valence-corrected chi connectivity index (χ2v) is 15.9. The molecule has 4 nitrogen and oxygen atoms in total. The first-order chi connectivity index (χ1) is 24.0. The fraction of sp³-hybridized carbons (Fsp3) is 0.318. The predicted octanol–water partition coefficient (Wildman–Crippen LogP) is 13.6. The Balaban J connectivity index is 1.49. The Bertz CT molecular complexity index is 1770. The van der Waals surface area contributed by atoms with Gasteiger partial charge in [0.05, 0.1) is 22.5 Å². The quantitative estimate of drug-likeness (QED) is 0.0788. The van der Waals surface area contributed by atoms with Crippen LogP contribution in [0.3, 0.4) is 0 Å². The van der Waals surface area contributed by atoms with Crippen LogP contribution >= 0.6 is 23.5 Å². The molecule has 0 amide bonds. The molecule has 4 aromatic rings. The predicted molar refractivity (Wildman–Crippen MR) is 216 cm³/mol. The van der Waals surface area contributed by atoms with E-state index in [2.05, 4.69) is 89.6 Å². The number of rotatable bonds is 16. The third-order valence-electron chi connectivity index (χ3n) is 9.25. The van der Waals surface area contributed by atoms with Gasteiger partial charge in [0.15, 0.2) is 11.6 Å². The summed E-state index contributed by atoms with van der Waals surface area (Å²) in [5.41, 5.74) is 9.03. The number of fused-ring (bicyclic) bond motifs is 2. The van der Waals surface area contributed by atoms with Gasteiger partial charge in [0, 0.05) is 32.3 Å². The zero-order valence-corrected chi connectivity index (χ0v) is 32.1. The van der Waals surface area contributed by atoms with Crippen LogP contribution in [-0.4, -0.2) is 11.6 Å². The summed E-state index contributed by atoms with van der Waals surface area (Å²) in [6, 6.07) is 19.7. The van der Waals surface area contributed by atoms with Gasteiger partial charge < -0.3 is 10.6 Å². The van der Waals surface area contributed by atoms with E-state index in [9.17, 15) is 9.59 Å². The molecule has 0 saturated heterocycles. The van der Waals surface area contributed by atoms with E-state index in [4.69, 9.17) is 0 Å². The topological polar surface area (TPSA) is 58.2 Å². The van der Waals surface area contributed by atoms with Crippen LogP contribution in [0.2, 0.25) is 0 Å². The Labute approximate surface area is 307 Å². The van der Waals surface area contributed by atoms with Gasteiger partial charge in [0.1, 0.15) is 0 Å². The molecule has 6 heteroatoms. The van der Waals surface area contributed by atoms with Crippen molar-refractivity contribution in [2.24, 2.45) is 0 Å². The summed E-state index contributed by atoms with van der Waals surface area (Å²) in [5, 5.41) is 7.17. The lowest BCUT2D eigenvalue weighted by atomic mass is 9.82. The van der Waals surface area contributed by atoms with Gasteiger partial charge in [-0.05, 0) is 122 Å². The lowest BCUT2D eigenvalue weighted by Gasteiger charge is -2.25. The van der Waals surface area contributed by atoms with Crippen LogP contribution in [0.25, 0.3) is 0 Å². The molecule has 1 aliphatic rings. The molecule has 5 rings (SSSR count). The van der Waals surface area contributed by atoms with Crippen molar-refractivity contribution in [1.82, 2.24) is 0 Å². The van der Waals surface area contributed by atoms with Gasteiger partial charge >= 0.3 is 0 Å². The highest BCUT2D eigenvalue weighted by Crippen LogP contribution is 2.42. The number of benzene rings is 4. The van der Waals surface area contributed by atoms with Gasteiger partial charge in [0.2, 0.25) is 0 Å². The molecular weight excluding hydrogens is 653 g/mol. The maximum absolute atomic E-state index is 14.3. The van der Waals surface area contributed by atoms with Crippen molar-refractivity contribution in [3.63, 3.8) is 0 Å². The maximum atomic E-state index is 14.3. The van der Waals surface area contributed by atoms with E-state index < -0.39 is 0 Å². The number of thioether (sulfide) groups is 2. The molecule has 0 heterocycles. The summed E-state index contributed by atoms with van der Waals surface area (Å²) in [6.45, 7) is 21.3. The number of ketones is 2. The van der Waals surface area contributed by atoms with E-state index in [1.54, 1.807) is 35.7 Å². The van der Waals surface area contributed by atoms with Gasteiger partial charge in [-0.25, -0.2) is 0 Å². The number of carbonyl (C=O) groups excluding carboxylic acids is 2. The molecule has 0 fully saturated rings. The van der Waals surface area contributed by atoms with Crippen LogP contribution in [0.5, 0.6) is 0 Å². The molecule has 1 aliphatic carbocycles. The van der Waals surface area contributed by atoms with Crippen LogP contribution in [0.15, 0.2) is 93.4 Å². The van der Waals surface area contributed by atoms with Crippen molar-refractivity contribution in [2.75, 3.05) is 10.6 Å². The smallest absolute Gasteiger partial charge is 0.196 e. The SMILES string of the molecule is C=C(CCCCC)Sc1cc(C)c(Nc2ccc(Nc3c(C)cc(SC(=C)CCCCC)cc3C)c3c2C(=O)c2ccccc2C3=O)c(C)c1. The molecule has 260 valence electrons. The number of hydrogen-bond donors (Lipinski definition) is 2. The Morgan fingerprint density at radius 3 is 1.28 bits per heavy atom. The molecule has 2 N–H and O–H groups in total. The summed E-state index contributed by atoms with van der Waals surface area (Å²) >= 11 is 3.46. The molecule has 0 saturated carbocycles. The highest BCUT2D eigenvalue weighted by molar-refractivity contribution is 8.03. The number of allylic oxidation sites excluding steroid dienone is 2. The zero-order valence-electron chi connectivity index (χ0n) is 30.5. The molecule has 0 aromatic heterocycles. The third-order valence-corrected chi connectivity index (χ3v) is 11.2. The summed E-state index contributed by atoms with van der Waals surface area (Å²) in [5.74, 6) is -0.317. The largest absolute Gasteiger partial charge is 0.354 e. The average Bonchev–Trinajstić information content (AvgIpc) is 3.07. The summed E-state index contributed by atoms with van der Waals surface area (Å²) < 4.78 is 0. The van der Waals surface area contributed by atoms with E-state index >= 15 is 0 Å². The van der Waals surface area contributed by atoms with Gasteiger partial charge in [-0.1, -0.05) is 100 Å². The number of anilines is 4. The summed E-state index contributed by atoms with van der Waals surface area (Å²) in [7, 11) is 0. The molecule has 4 aromatic carbocycles. The summed E-state index contributed by atoms with van der Waals surface area (Å²) in [4.78, 5) is 33.2. The monoisotopic (exact) mass is 702 g/mol. The van der Waals surface area contributed by atoms with Crippen molar-refractivity contribution in [1.29, 1.82) is 0 Å². The second-order valence-electron chi connectivity index (χ2n) is 13.4. The number of unbranched alkanes of at least 4 members (excludes halogenated alkanes) is 4. The van der Waals surface area contributed by atoms with Crippen molar-refractivity contribution < 1.29 is 9.59 Å². The molecule has 0 unspecified atom stereocenters. The van der Waals surface area contributed by atoms with Crippen LogP contribution in [0.4, 0.5) is 22.7 Å². The first-order valence-electron chi connectivity index (χ1n) is 17.9. The zero-order chi connectivity index (χ0) is 35.9. The van der Waals surface area contributed by atoms with Crippen molar-refractivity contribution in [3.8, 4) is 0 Å². The van der Waals surface area contributed by atoms with E-state index in [1.165, 1.54) is 35.5 Å². The van der Waals surface area contributed by atoms with E-state index in [-0.39, 0.29) is 11.6 Å². The maximum Gasteiger partial charge on any atom is 0.196 e.